The number of aromatic nitrogens is 4. The Bertz CT molecular complexity index is 1190. The number of fused-ring (bicyclic) bond motifs is 2. The molecule has 146 valence electrons. The van der Waals surface area contributed by atoms with E-state index in [1.54, 1.807) is 6.33 Å². The van der Waals surface area contributed by atoms with Crippen LogP contribution in [-0.4, -0.2) is 50.9 Å². The van der Waals surface area contributed by atoms with Crippen LogP contribution in [0.3, 0.4) is 0 Å². The third-order valence-corrected chi connectivity index (χ3v) is 5.69. The van der Waals surface area contributed by atoms with Gasteiger partial charge in [0.2, 0.25) is 5.91 Å². The number of carbonyl (C=O) groups excluding carboxylic acids is 1. The number of likely N-dealkylation sites (tertiary alicyclic amines) is 1. The maximum absolute atomic E-state index is 12.6. The molecule has 5 rings (SSSR count). The number of benzene rings is 1. The number of carbonyl (C=O) groups is 1. The van der Waals surface area contributed by atoms with Crippen molar-refractivity contribution in [2.24, 2.45) is 5.92 Å². The SMILES string of the molecule is CN1CCC(C(=O)Nc2ccc3c(-c4ccc5ncncc5c4)c[nH]c3n2)CC1. The average molecular weight is 386 g/mol. The van der Waals surface area contributed by atoms with E-state index in [0.29, 0.717) is 5.82 Å². The monoisotopic (exact) mass is 386 g/mol. The second-order valence-corrected chi connectivity index (χ2v) is 7.66. The number of aromatic amines is 1. The summed E-state index contributed by atoms with van der Waals surface area (Å²) in [7, 11) is 2.09. The Morgan fingerprint density at radius 1 is 1.21 bits per heavy atom. The van der Waals surface area contributed by atoms with Gasteiger partial charge < -0.3 is 15.2 Å². The molecule has 4 aromatic rings. The van der Waals surface area contributed by atoms with E-state index in [9.17, 15) is 4.79 Å². The van der Waals surface area contributed by atoms with Gasteiger partial charge in [0, 0.05) is 34.6 Å². The van der Waals surface area contributed by atoms with Gasteiger partial charge in [-0.15, -0.1) is 0 Å². The van der Waals surface area contributed by atoms with Crippen molar-refractivity contribution in [1.29, 1.82) is 0 Å². The minimum absolute atomic E-state index is 0.0581. The lowest BCUT2D eigenvalue weighted by molar-refractivity contribution is -0.121. The first-order chi connectivity index (χ1) is 14.2. The topological polar surface area (TPSA) is 86.8 Å². The van der Waals surface area contributed by atoms with Gasteiger partial charge in [0.25, 0.3) is 0 Å². The molecule has 3 aromatic heterocycles. The molecule has 1 saturated heterocycles. The molecule has 1 aliphatic heterocycles. The maximum Gasteiger partial charge on any atom is 0.228 e. The summed E-state index contributed by atoms with van der Waals surface area (Å²) in [6.07, 6.45) is 7.10. The lowest BCUT2D eigenvalue weighted by atomic mass is 9.96. The number of nitrogens with zero attached hydrogens (tertiary/aromatic N) is 4. The summed E-state index contributed by atoms with van der Waals surface area (Å²) in [6.45, 7) is 1.92. The molecule has 0 spiro atoms. The Morgan fingerprint density at radius 3 is 2.93 bits per heavy atom. The van der Waals surface area contributed by atoms with Gasteiger partial charge in [0.05, 0.1) is 5.52 Å². The molecule has 0 aliphatic carbocycles. The molecule has 0 radical (unpaired) electrons. The van der Waals surface area contributed by atoms with Gasteiger partial charge in [-0.3, -0.25) is 4.79 Å². The Balaban J connectivity index is 1.40. The van der Waals surface area contributed by atoms with Crippen LogP contribution in [0.4, 0.5) is 5.82 Å². The molecule has 0 atom stereocenters. The standard InChI is InChI=1S/C22H22N6O/c1-28-8-6-14(7-9-28)22(29)27-20-5-3-17-18(12-24-21(17)26-20)15-2-4-19-16(10-15)11-23-13-25-19/h2-5,10-14H,6-9H2,1H3,(H2,24,26,27,29). The van der Waals surface area contributed by atoms with E-state index in [0.717, 1.165) is 59.0 Å². The third-order valence-electron chi connectivity index (χ3n) is 5.69. The highest BCUT2D eigenvalue weighted by Gasteiger charge is 2.23. The highest BCUT2D eigenvalue weighted by molar-refractivity contribution is 5.98. The molecule has 29 heavy (non-hydrogen) atoms. The first kappa shape index (κ1) is 17.8. The number of H-pyrrole nitrogens is 1. The fourth-order valence-electron chi connectivity index (χ4n) is 3.96. The maximum atomic E-state index is 12.6. The number of hydrogen-bond acceptors (Lipinski definition) is 5. The van der Waals surface area contributed by atoms with Gasteiger partial charge in [-0.25, -0.2) is 15.0 Å². The lowest BCUT2D eigenvalue weighted by Gasteiger charge is -2.27. The molecule has 1 aromatic carbocycles. The van der Waals surface area contributed by atoms with Gasteiger partial charge in [0.1, 0.15) is 17.8 Å². The van der Waals surface area contributed by atoms with Gasteiger partial charge >= 0.3 is 0 Å². The number of amides is 1. The molecule has 1 fully saturated rings. The largest absolute Gasteiger partial charge is 0.345 e. The summed E-state index contributed by atoms with van der Waals surface area (Å²) in [4.78, 5) is 31.1. The minimum Gasteiger partial charge on any atom is -0.345 e. The summed E-state index contributed by atoms with van der Waals surface area (Å²) in [5, 5.41) is 4.99. The number of anilines is 1. The van der Waals surface area contributed by atoms with E-state index in [1.165, 1.54) is 0 Å². The second kappa shape index (κ2) is 7.25. The van der Waals surface area contributed by atoms with Gasteiger partial charge in [-0.2, -0.15) is 0 Å². The summed E-state index contributed by atoms with van der Waals surface area (Å²) in [5.74, 6) is 0.704. The van der Waals surface area contributed by atoms with E-state index in [1.807, 2.05) is 36.7 Å². The zero-order chi connectivity index (χ0) is 19.8. The summed E-state index contributed by atoms with van der Waals surface area (Å²) >= 11 is 0. The number of nitrogens with one attached hydrogen (secondary N) is 2. The van der Waals surface area contributed by atoms with Crippen molar-refractivity contribution in [1.82, 2.24) is 24.8 Å². The van der Waals surface area contributed by atoms with Crippen molar-refractivity contribution >= 4 is 33.7 Å². The molecule has 0 bridgehead atoms. The van der Waals surface area contributed by atoms with Crippen LogP contribution in [0.1, 0.15) is 12.8 Å². The Labute approximate surface area is 168 Å². The quantitative estimate of drug-likeness (QED) is 0.563. The van der Waals surface area contributed by atoms with Crippen molar-refractivity contribution in [2.75, 3.05) is 25.5 Å². The minimum atomic E-state index is 0.0581. The van der Waals surface area contributed by atoms with Crippen LogP contribution in [0, 0.1) is 5.92 Å². The van der Waals surface area contributed by atoms with E-state index < -0.39 is 0 Å². The average Bonchev–Trinajstić information content (AvgIpc) is 3.17. The molecule has 7 heteroatoms. The van der Waals surface area contributed by atoms with Crippen molar-refractivity contribution in [2.45, 2.75) is 12.8 Å². The summed E-state index contributed by atoms with van der Waals surface area (Å²) in [5.41, 5.74) is 3.81. The van der Waals surface area contributed by atoms with Crippen LogP contribution >= 0.6 is 0 Å². The van der Waals surface area contributed by atoms with Crippen LogP contribution < -0.4 is 5.32 Å². The zero-order valence-corrected chi connectivity index (χ0v) is 16.2. The number of pyridine rings is 1. The van der Waals surface area contributed by atoms with E-state index >= 15 is 0 Å². The molecular formula is C22H22N6O. The fourth-order valence-corrected chi connectivity index (χ4v) is 3.96. The van der Waals surface area contributed by atoms with Crippen LogP contribution in [0.5, 0.6) is 0 Å². The first-order valence-corrected chi connectivity index (χ1v) is 9.85. The Kier molecular flexibility index (Phi) is 4.44. The van der Waals surface area contributed by atoms with Crippen molar-refractivity contribution in [3.8, 4) is 11.1 Å². The smallest absolute Gasteiger partial charge is 0.228 e. The second-order valence-electron chi connectivity index (χ2n) is 7.66. The molecule has 0 unspecified atom stereocenters. The number of rotatable bonds is 3. The van der Waals surface area contributed by atoms with Crippen LogP contribution in [0.25, 0.3) is 33.1 Å². The van der Waals surface area contributed by atoms with Crippen LogP contribution in [-0.2, 0) is 4.79 Å². The third kappa shape index (κ3) is 3.45. The van der Waals surface area contributed by atoms with E-state index in [4.69, 9.17) is 0 Å². The summed E-state index contributed by atoms with van der Waals surface area (Å²) in [6, 6.07) is 10.00. The first-order valence-electron chi connectivity index (χ1n) is 9.85. The molecule has 2 N–H and O–H groups in total. The molecule has 7 nitrogen and oxygen atoms in total. The normalized spacial score (nSPS) is 15.8. The molecule has 1 amide bonds. The molecule has 0 saturated carbocycles. The van der Waals surface area contributed by atoms with Gasteiger partial charge in [-0.05, 0) is 62.8 Å². The summed E-state index contributed by atoms with van der Waals surface area (Å²) < 4.78 is 0. The lowest BCUT2D eigenvalue weighted by Crippen LogP contribution is -2.36. The van der Waals surface area contributed by atoms with Crippen molar-refractivity contribution < 1.29 is 4.79 Å². The molecule has 4 heterocycles. The molecular weight excluding hydrogens is 364 g/mol. The van der Waals surface area contributed by atoms with Crippen LogP contribution in [0.2, 0.25) is 0 Å². The van der Waals surface area contributed by atoms with Crippen molar-refractivity contribution in [3.05, 3.63) is 49.1 Å². The highest BCUT2D eigenvalue weighted by Crippen LogP contribution is 2.30. The molecule has 1 aliphatic rings. The van der Waals surface area contributed by atoms with Crippen molar-refractivity contribution in [3.63, 3.8) is 0 Å². The predicted octanol–water partition coefficient (Wildman–Crippen LogP) is 3.45. The number of hydrogen-bond donors (Lipinski definition) is 2. The van der Waals surface area contributed by atoms with Crippen LogP contribution in [0.15, 0.2) is 49.1 Å². The Hall–Kier alpha value is -3.32. The van der Waals surface area contributed by atoms with Gasteiger partial charge in [0.15, 0.2) is 0 Å². The highest BCUT2D eigenvalue weighted by atomic mass is 16.1. The van der Waals surface area contributed by atoms with E-state index in [-0.39, 0.29) is 11.8 Å². The Morgan fingerprint density at radius 2 is 2.07 bits per heavy atom. The van der Waals surface area contributed by atoms with E-state index in [2.05, 4.69) is 43.3 Å². The predicted molar refractivity (Wildman–Crippen MR) is 113 cm³/mol. The zero-order valence-electron chi connectivity index (χ0n) is 16.2. The fraction of sp³-hybridized carbons (Fsp3) is 0.273. The van der Waals surface area contributed by atoms with Gasteiger partial charge in [-0.1, -0.05) is 6.07 Å². The number of piperidine rings is 1.